The summed E-state index contributed by atoms with van der Waals surface area (Å²) in [5.41, 5.74) is 3.71. The second-order valence-electron chi connectivity index (χ2n) is 7.37. The number of amides is 2. The summed E-state index contributed by atoms with van der Waals surface area (Å²) in [7, 11) is 3.59. The van der Waals surface area contributed by atoms with E-state index < -0.39 is 6.04 Å². The van der Waals surface area contributed by atoms with Gasteiger partial charge in [-0.2, -0.15) is 0 Å². The number of hydrogen-bond donors (Lipinski definition) is 1. The number of hydrogen-bond acceptors (Lipinski definition) is 3. The lowest BCUT2D eigenvalue weighted by atomic mass is 9.97. The summed E-state index contributed by atoms with van der Waals surface area (Å²) in [4.78, 5) is 27.8. The molecule has 2 amide bonds. The molecule has 2 heterocycles. The third-order valence-electron chi connectivity index (χ3n) is 5.62. The van der Waals surface area contributed by atoms with E-state index >= 15 is 0 Å². The van der Waals surface area contributed by atoms with Crippen LogP contribution in [0.5, 0.6) is 0 Å². The molecule has 0 bridgehead atoms. The zero-order chi connectivity index (χ0) is 20.5. The summed E-state index contributed by atoms with van der Waals surface area (Å²) in [5, 5.41) is 3.94. The van der Waals surface area contributed by atoms with Crippen molar-refractivity contribution in [3.05, 3.63) is 71.4 Å². The van der Waals surface area contributed by atoms with Crippen LogP contribution in [-0.4, -0.2) is 47.6 Å². The van der Waals surface area contributed by atoms with Gasteiger partial charge in [0.2, 0.25) is 5.91 Å². The summed E-state index contributed by atoms with van der Waals surface area (Å²) < 4.78 is 7.08. The number of carbonyl (C=O) groups excluding carboxylic acids is 2. The van der Waals surface area contributed by atoms with E-state index in [0.29, 0.717) is 18.7 Å². The Labute approximate surface area is 170 Å². The van der Waals surface area contributed by atoms with Crippen molar-refractivity contribution < 1.29 is 14.3 Å². The van der Waals surface area contributed by atoms with Crippen molar-refractivity contribution in [2.75, 3.05) is 20.3 Å². The fourth-order valence-electron chi connectivity index (χ4n) is 4.19. The Kier molecular flexibility index (Phi) is 5.11. The molecule has 0 fully saturated rings. The third-order valence-corrected chi connectivity index (χ3v) is 5.62. The molecule has 1 aliphatic rings. The first kappa shape index (κ1) is 19.2. The molecule has 0 saturated carbocycles. The zero-order valence-electron chi connectivity index (χ0n) is 16.9. The lowest BCUT2D eigenvalue weighted by Gasteiger charge is -2.30. The highest BCUT2D eigenvalue weighted by atomic mass is 16.5. The highest BCUT2D eigenvalue weighted by Crippen LogP contribution is 2.42. The zero-order valence-corrected chi connectivity index (χ0v) is 16.9. The number of aromatic nitrogens is 1. The van der Waals surface area contributed by atoms with Crippen LogP contribution in [0.15, 0.2) is 54.7 Å². The lowest BCUT2D eigenvalue weighted by Crippen LogP contribution is -2.47. The van der Waals surface area contributed by atoms with Gasteiger partial charge in [0.1, 0.15) is 6.04 Å². The molecule has 2 aromatic carbocycles. The number of carbonyl (C=O) groups is 2. The van der Waals surface area contributed by atoms with Gasteiger partial charge in [-0.15, -0.1) is 0 Å². The van der Waals surface area contributed by atoms with Crippen molar-refractivity contribution in [1.29, 1.82) is 0 Å². The van der Waals surface area contributed by atoms with Gasteiger partial charge in [0.15, 0.2) is 0 Å². The third kappa shape index (κ3) is 3.19. The molecule has 0 saturated heterocycles. The van der Waals surface area contributed by atoms with Gasteiger partial charge in [-0.05, 0) is 24.6 Å². The number of nitrogens with zero attached hydrogens (tertiary/aromatic N) is 2. The van der Waals surface area contributed by atoms with Crippen molar-refractivity contribution in [3.8, 4) is 0 Å². The maximum Gasteiger partial charge on any atom is 0.255 e. The summed E-state index contributed by atoms with van der Waals surface area (Å²) in [5.74, 6) is -0.304. The van der Waals surface area contributed by atoms with Gasteiger partial charge in [0, 0.05) is 48.9 Å². The summed E-state index contributed by atoms with van der Waals surface area (Å²) in [6.07, 6.45) is 2.06. The van der Waals surface area contributed by atoms with Crippen molar-refractivity contribution >= 4 is 22.7 Å². The van der Waals surface area contributed by atoms with Crippen LogP contribution in [0.25, 0.3) is 10.9 Å². The quantitative estimate of drug-likeness (QED) is 0.657. The van der Waals surface area contributed by atoms with E-state index in [4.69, 9.17) is 4.74 Å². The molecule has 1 aromatic heterocycles. The fourth-order valence-corrected chi connectivity index (χ4v) is 4.19. The summed E-state index contributed by atoms with van der Waals surface area (Å²) >= 11 is 0. The molecule has 1 aliphatic heterocycles. The van der Waals surface area contributed by atoms with E-state index in [2.05, 4.69) is 28.2 Å². The van der Waals surface area contributed by atoms with Crippen molar-refractivity contribution in [2.24, 2.45) is 7.05 Å². The predicted molar refractivity (Wildman–Crippen MR) is 112 cm³/mol. The number of benzene rings is 2. The number of nitrogens with one attached hydrogen (secondary N) is 1. The smallest absolute Gasteiger partial charge is 0.255 e. The van der Waals surface area contributed by atoms with E-state index in [1.807, 2.05) is 43.4 Å². The second kappa shape index (κ2) is 7.72. The molecule has 4 rings (SSSR count). The van der Waals surface area contributed by atoms with Gasteiger partial charge >= 0.3 is 0 Å². The molecule has 29 heavy (non-hydrogen) atoms. The Morgan fingerprint density at radius 3 is 2.66 bits per heavy atom. The second-order valence-corrected chi connectivity index (χ2v) is 7.37. The minimum atomic E-state index is -0.615. The molecule has 0 radical (unpaired) electrons. The van der Waals surface area contributed by atoms with Crippen LogP contribution in [0.2, 0.25) is 0 Å². The standard InChI is InChI=1S/C23H25N3O3/c1-15(22(27)24-12-13-29-3)26-21(17-9-4-5-10-18(17)23(26)28)19-14-25(2)20-11-7-6-8-16(19)20/h4-11,14-15,21H,12-13H2,1-3H3,(H,24,27). The van der Waals surface area contributed by atoms with Gasteiger partial charge in [-0.25, -0.2) is 0 Å². The van der Waals surface area contributed by atoms with Gasteiger partial charge in [0.05, 0.1) is 12.6 Å². The van der Waals surface area contributed by atoms with Crippen molar-refractivity contribution in [3.63, 3.8) is 0 Å². The van der Waals surface area contributed by atoms with Gasteiger partial charge in [0.25, 0.3) is 5.91 Å². The monoisotopic (exact) mass is 391 g/mol. The van der Waals surface area contributed by atoms with Crippen LogP contribution >= 0.6 is 0 Å². The van der Waals surface area contributed by atoms with Crippen LogP contribution in [0.1, 0.15) is 34.5 Å². The molecule has 0 aliphatic carbocycles. The molecular formula is C23H25N3O3. The molecule has 0 spiro atoms. The normalized spacial score (nSPS) is 16.9. The molecule has 6 heteroatoms. The van der Waals surface area contributed by atoms with Gasteiger partial charge in [-0.3, -0.25) is 9.59 Å². The predicted octanol–water partition coefficient (Wildman–Crippen LogP) is 2.87. The molecular weight excluding hydrogens is 366 g/mol. The van der Waals surface area contributed by atoms with E-state index in [1.54, 1.807) is 18.9 Å². The average molecular weight is 391 g/mol. The lowest BCUT2D eigenvalue weighted by molar-refractivity contribution is -0.125. The first-order valence-corrected chi connectivity index (χ1v) is 9.76. The van der Waals surface area contributed by atoms with Gasteiger partial charge in [-0.1, -0.05) is 36.4 Å². The van der Waals surface area contributed by atoms with Crippen LogP contribution in [0.3, 0.4) is 0 Å². The highest BCUT2D eigenvalue weighted by molar-refractivity contribution is 6.03. The molecule has 150 valence electrons. The average Bonchev–Trinajstić information content (AvgIpc) is 3.22. The van der Waals surface area contributed by atoms with Crippen LogP contribution in [0, 0.1) is 0 Å². The number of rotatable bonds is 6. The maximum absolute atomic E-state index is 13.3. The Morgan fingerprint density at radius 2 is 1.86 bits per heavy atom. The Morgan fingerprint density at radius 1 is 1.14 bits per heavy atom. The number of methoxy groups -OCH3 is 1. The Hall–Kier alpha value is -3.12. The van der Waals surface area contributed by atoms with Crippen molar-refractivity contribution in [1.82, 2.24) is 14.8 Å². The van der Waals surface area contributed by atoms with Crippen LogP contribution in [-0.2, 0) is 16.6 Å². The number of ether oxygens (including phenoxy) is 1. The number of fused-ring (bicyclic) bond motifs is 2. The van der Waals surface area contributed by atoms with Crippen molar-refractivity contribution in [2.45, 2.75) is 19.0 Å². The van der Waals surface area contributed by atoms with E-state index in [1.165, 1.54) is 0 Å². The van der Waals surface area contributed by atoms with E-state index in [9.17, 15) is 9.59 Å². The van der Waals surface area contributed by atoms with Crippen LogP contribution in [0.4, 0.5) is 0 Å². The van der Waals surface area contributed by atoms with E-state index in [0.717, 1.165) is 22.0 Å². The summed E-state index contributed by atoms with van der Waals surface area (Å²) in [6.45, 7) is 2.62. The fraction of sp³-hybridized carbons (Fsp3) is 0.304. The SMILES string of the molecule is COCCNC(=O)C(C)N1C(=O)c2ccccc2C1c1cn(C)c2ccccc12. The largest absolute Gasteiger partial charge is 0.383 e. The molecule has 1 N–H and O–H groups in total. The molecule has 2 unspecified atom stereocenters. The maximum atomic E-state index is 13.3. The van der Waals surface area contributed by atoms with E-state index in [-0.39, 0.29) is 17.9 Å². The van der Waals surface area contributed by atoms with Gasteiger partial charge < -0.3 is 19.5 Å². The van der Waals surface area contributed by atoms with Crippen LogP contribution < -0.4 is 5.32 Å². The first-order chi connectivity index (χ1) is 14.0. The number of para-hydroxylation sites is 1. The Bertz CT molecular complexity index is 1070. The molecule has 6 nitrogen and oxygen atoms in total. The minimum Gasteiger partial charge on any atom is -0.383 e. The first-order valence-electron chi connectivity index (χ1n) is 9.76. The minimum absolute atomic E-state index is 0.118. The number of aryl methyl sites for hydroxylation is 1. The molecule has 3 aromatic rings. The highest BCUT2D eigenvalue weighted by Gasteiger charge is 2.43. The topological polar surface area (TPSA) is 63.6 Å². The molecule has 2 atom stereocenters. The summed E-state index contributed by atoms with van der Waals surface area (Å²) in [6, 6.07) is 14.8. The Balaban J connectivity index is 1.80.